The molecule has 0 N–H and O–H groups in total. The molecule has 4 nitrogen and oxygen atoms in total. The van der Waals surface area contributed by atoms with Crippen LogP contribution in [0.15, 0.2) is 176 Å². The highest BCUT2D eigenvalue weighted by Crippen LogP contribution is 2.38. The summed E-state index contributed by atoms with van der Waals surface area (Å²) in [5.74, 6) is 0.926. The van der Waals surface area contributed by atoms with Gasteiger partial charge in [0.05, 0.1) is 22.1 Å². The molecule has 0 spiro atoms. The Morgan fingerprint density at radius 1 is 0.438 bits per heavy atom. The molecule has 0 unspecified atom stereocenters. The van der Waals surface area contributed by atoms with Crippen LogP contribution in [0.3, 0.4) is 0 Å². The Balaban J connectivity index is 1.13. The van der Waals surface area contributed by atoms with Gasteiger partial charge in [-0.1, -0.05) is 78.9 Å². The summed E-state index contributed by atoms with van der Waals surface area (Å²) in [7, 11) is 0. The minimum Gasteiger partial charge on any atom is -0.311 e. The first-order valence-electron chi connectivity index (χ1n) is 16.3. The molecule has 0 aliphatic heterocycles. The number of aryl methyl sites for hydroxylation is 1. The van der Waals surface area contributed by atoms with Gasteiger partial charge in [0.1, 0.15) is 5.82 Å². The standard InChI is InChI=1S/C44H32N4/c1-31-20-29-40-43(30-31)48(34-14-6-3-7-15-34)44(45-40)32-21-23-35(24-22-32)46(33-12-4-2-5-13-33)36-25-27-37(28-26-36)47-41-18-10-8-16-38(41)39-17-9-11-19-42(39)47/h2-30H,1H3. The first kappa shape index (κ1) is 27.9. The number of imidazole rings is 1. The first-order valence-corrected chi connectivity index (χ1v) is 16.3. The number of anilines is 3. The summed E-state index contributed by atoms with van der Waals surface area (Å²) in [6, 6.07) is 62.4. The molecule has 0 atom stereocenters. The molecule has 9 rings (SSSR count). The third-order valence-electron chi connectivity index (χ3n) is 9.17. The van der Waals surface area contributed by atoms with Crippen molar-refractivity contribution in [3.05, 3.63) is 181 Å². The predicted molar refractivity (Wildman–Crippen MR) is 200 cm³/mol. The lowest BCUT2D eigenvalue weighted by atomic mass is 10.1. The van der Waals surface area contributed by atoms with Crippen molar-refractivity contribution in [1.82, 2.24) is 14.1 Å². The highest BCUT2D eigenvalue weighted by molar-refractivity contribution is 6.09. The van der Waals surface area contributed by atoms with Crippen molar-refractivity contribution < 1.29 is 0 Å². The Kier molecular flexibility index (Phi) is 6.65. The van der Waals surface area contributed by atoms with Gasteiger partial charge in [-0.2, -0.15) is 0 Å². The monoisotopic (exact) mass is 616 g/mol. The van der Waals surface area contributed by atoms with Gasteiger partial charge in [-0.25, -0.2) is 4.98 Å². The highest BCUT2D eigenvalue weighted by Gasteiger charge is 2.18. The molecular formula is C44H32N4. The Morgan fingerprint density at radius 2 is 0.958 bits per heavy atom. The van der Waals surface area contributed by atoms with Crippen LogP contribution in [-0.4, -0.2) is 14.1 Å². The maximum absolute atomic E-state index is 5.12. The zero-order valence-electron chi connectivity index (χ0n) is 26.5. The number of fused-ring (bicyclic) bond motifs is 4. The Labute approximate surface area is 279 Å². The van der Waals surface area contributed by atoms with Gasteiger partial charge in [0, 0.05) is 44.8 Å². The number of nitrogens with zero attached hydrogens (tertiary/aromatic N) is 4. The Hall–Kier alpha value is -6.39. The van der Waals surface area contributed by atoms with E-state index >= 15 is 0 Å². The fourth-order valence-electron chi connectivity index (χ4n) is 6.95. The molecule has 0 radical (unpaired) electrons. The van der Waals surface area contributed by atoms with E-state index in [2.05, 4.69) is 197 Å². The van der Waals surface area contributed by atoms with Crippen molar-refractivity contribution in [2.45, 2.75) is 6.92 Å². The van der Waals surface area contributed by atoms with E-state index in [1.54, 1.807) is 0 Å². The van der Waals surface area contributed by atoms with Crippen LogP contribution in [-0.2, 0) is 0 Å². The van der Waals surface area contributed by atoms with Gasteiger partial charge >= 0.3 is 0 Å². The van der Waals surface area contributed by atoms with Gasteiger partial charge in [-0.3, -0.25) is 4.57 Å². The summed E-state index contributed by atoms with van der Waals surface area (Å²) in [5, 5.41) is 2.53. The smallest absolute Gasteiger partial charge is 0.145 e. The van der Waals surface area contributed by atoms with Gasteiger partial charge in [-0.05, 0) is 110 Å². The predicted octanol–water partition coefficient (Wildman–Crippen LogP) is 11.6. The van der Waals surface area contributed by atoms with Gasteiger partial charge in [0.2, 0.25) is 0 Å². The Morgan fingerprint density at radius 3 is 1.60 bits per heavy atom. The van der Waals surface area contributed by atoms with Crippen molar-refractivity contribution in [2.24, 2.45) is 0 Å². The van der Waals surface area contributed by atoms with Gasteiger partial charge in [-0.15, -0.1) is 0 Å². The lowest BCUT2D eigenvalue weighted by Crippen LogP contribution is -2.10. The zero-order valence-corrected chi connectivity index (χ0v) is 26.5. The van der Waals surface area contributed by atoms with Crippen molar-refractivity contribution in [2.75, 3.05) is 4.90 Å². The van der Waals surface area contributed by atoms with Crippen LogP contribution < -0.4 is 4.90 Å². The van der Waals surface area contributed by atoms with Gasteiger partial charge in [0.15, 0.2) is 0 Å². The number of hydrogen-bond acceptors (Lipinski definition) is 2. The molecule has 0 saturated heterocycles. The van der Waals surface area contributed by atoms with Crippen LogP contribution in [0.5, 0.6) is 0 Å². The molecule has 2 aromatic heterocycles. The minimum absolute atomic E-state index is 0.926. The quantitative estimate of drug-likeness (QED) is 0.186. The molecule has 0 aliphatic carbocycles. The first-order chi connectivity index (χ1) is 23.7. The third kappa shape index (κ3) is 4.66. The van der Waals surface area contributed by atoms with E-state index in [4.69, 9.17) is 4.98 Å². The van der Waals surface area contributed by atoms with E-state index in [1.807, 2.05) is 0 Å². The SMILES string of the molecule is Cc1ccc2nc(-c3ccc(N(c4ccccc4)c4ccc(-n5c6ccccc6c6ccccc65)cc4)cc3)n(-c3ccccc3)c2c1. The number of hydrogen-bond donors (Lipinski definition) is 0. The summed E-state index contributed by atoms with van der Waals surface area (Å²) in [6.45, 7) is 2.13. The largest absolute Gasteiger partial charge is 0.311 e. The summed E-state index contributed by atoms with van der Waals surface area (Å²) in [4.78, 5) is 7.42. The molecule has 0 saturated carbocycles. The van der Waals surface area contributed by atoms with Crippen LogP contribution in [0.4, 0.5) is 17.1 Å². The molecule has 0 fully saturated rings. The molecule has 0 aliphatic rings. The van der Waals surface area contributed by atoms with Crippen LogP contribution >= 0.6 is 0 Å². The average Bonchev–Trinajstić information content (AvgIpc) is 3.69. The number of benzene rings is 7. The van der Waals surface area contributed by atoms with E-state index in [-0.39, 0.29) is 0 Å². The lowest BCUT2D eigenvalue weighted by molar-refractivity contribution is 1.10. The molecule has 0 amide bonds. The molecule has 4 heteroatoms. The van der Waals surface area contributed by atoms with Crippen LogP contribution in [0.2, 0.25) is 0 Å². The number of rotatable bonds is 6. The highest BCUT2D eigenvalue weighted by atomic mass is 15.1. The molecule has 48 heavy (non-hydrogen) atoms. The number of para-hydroxylation sites is 4. The van der Waals surface area contributed by atoms with Crippen LogP contribution in [0.25, 0.3) is 55.6 Å². The molecule has 0 bridgehead atoms. The summed E-state index contributed by atoms with van der Waals surface area (Å²) < 4.78 is 4.62. The van der Waals surface area contributed by atoms with Crippen molar-refractivity contribution in [3.8, 4) is 22.8 Å². The fourth-order valence-corrected chi connectivity index (χ4v) is 6.95. The summed E-state index contributed by atoms with van der Waals surface area (Å²) >= 11 is 0. The molecule has 9 aromatic rings. The fraction of sp³-hybridized carbons (Fsp3) is 0.0227. The third-order valence-corrected chi connectivity index (χ3v) is 9.17. The maximum atomic E-state index is 5.12. The van der Waals surface area contributed by atoms with Gasteiger partial charge < -0.3 is 9.47 Å². The molecule has 7 aromatic carbocycles. The van der Waals surface area contributed by atoms with Crippen LogP contribution in [0.1, 0.15) is 5.56 Å². The molecule has 228 valence electrons. The van der Waals surface area contributed by atoms with Crippen LogP contribution in [0, 0.1) is 6.92 Å². The number of aromatic nitrogens is 3. The van der Waals surface area contributed by atoms with E-state index in [1.165, 1.54) is 27.4 Å². The molecular weight excluding hydrogens is 585 g/mol. The van der Waals surface area contributed by atoms with Crippen molar-refractivity contribution in [1.29, 1.82) is 0 Å². The van der Waals surface area contributed by atoms with Crippen molar-refractivity contribution >= 4 is 49.9 Å². The second-order valence-corrected chi connectivity index (χ2v) is 12.2. The topological polar surface area (TPSA) is 26.0 Å². The van der Waals surface area contributed by atoms with E-state index in [0.29, 0.717) is 0 Å². The molecule has 2 heterocycles. The summed E-state index contributed by atoms with van der Waals surface area (Å²) in [5.41, 5.74) is 12.3. The summed E-state index contributed by atoms with van der Waals surface area (Å²) in [6.07, 6.45) is 0. The zero-order chi connectivity index (χ0) is 32.0. The second-order valence-electron chi connectivity index (χ2n) is 12.2. The normalized spacial score (nSPS) is 11.4. The second kappa shape index (κ2) is 11.4. The average molecular weight is 617 g/mol. The van der Waals surface area contributed by atoms with E-state index in [9.17, 15) is 0 Å². The minimum atomic E-state index is 0.926. The van der Waals surface area contributed by atoms with Crippen molar-refractivity contribution in [3.63, 3.8) is 0 Å². The van der Waals surface area contributed by atoms with E-state index in [0.717, 1.165) is 50.9 Å². The van der Waals surface area contributed by atoms with Gasteiger partial charge in [0.25, 0.3) is 0 Å². The maximum Gasteiger partial charge on any atom is 0.145 e. The van der Waals surface area contributed by atoms with E-state index < -0.39 is 0 Å². The Bertz CT molecular complexity index is 2490. The lowest BCUT2D eigenvalue weighted by Gasteiger charge is -2.26.